The minimum absolute atomic E-state index is 0.113. The molecule has 0 unspecified atom stereocenters. The Labute approximate surface area is 263 Å². The van der Waals surface area contributed by atoms with Crippen LogP contribution < -0.4 is 0 Å². The molecule has 2 aliphatic heterocycles. The van der Waals surface area contributed by atoms with Crippen molar-refractivity contribution in [2.24, 2.45) is 0 Å². The van der Waals surface area contributed by atoms with Crippen LogP contribution in [0.4, 0.5) is 0 Å². The van der Waals surface area contributed by atoms with Gasteiger partial charge >= 0.3 is 11.9 Å². The molecular weight excluding hydrogens is 562 g/mol. The number of ether oxygens (including phenoxy) is 1. The molecule has 2 amide bonds. The van der Waals surface area contributed by atoms with Crippen LogP contribution in [0.3, 0.4) is 0 Å². The number of benzene rings is 5. The number of esters is 2. The second-order valence-corrected chi connectivity index (χ2v) is 12.9. The van der Waals surface area contributed by atoms with E-state index in [0.717, 1.165) is 70.8 Å². The highest BCUT2D eigenvalue weighted by molar-refractivity contribution is 6.40. The molecule has 0 fully saturated rings. The lowest BCUT2D eigenvalue weighted by Crippen LogP contribution is -2.47. The summed E-state index contributed by atoms with van der Waals surface area (Å²) in [7, 11) is 0. The molecule has 0 aliphatic carbocycles. The Kier molecular flexibility index (Phi) is 7.76. The molecule has 0 radical (unpaired) electrons. The molecule has 0 saturated heterocycles. The predicted molar refractivity (Wildman–Crippen MR) is 178 cm³/mol. The summed E-state index contributed by atoms with van der Waals surface area (Å²) in [5.74, 6) is -1.69. The van der Waals surface area contributed by atoms with E-state index in [9.17, 15) is 19.2 Å². The van der Waals surface area contributed by atoms with Crippen molar-refractivity contribution in [2.45, 2.75) is 96.9 Å². The fourth-order valence-electron chi connectivity index (χ4n) is 7.83. The van der Waals surface area contributed by atoms with E-state index in [-0.39, 0.29) is 17.9 Å². The highest BCUT2D eigenvalue weighted by Crippen LogP contribution is 2.46. The number of amides is 2. The number of fused-ring (bicyclic) bond motifs is 2. The van der Waals surface area contributed by atoms with Crippen LogP contribution in [-0.2, 0) is 4.74 Å². The molecule has 6 heteroatoms. The van der Waals surface area contributed by atoms with Crippen LogP contribution in [0, 0.1) is 0 Å². The van der Waals surface area contributed by atoms with Gasteiger partial charge in [-0.3, -0.25) is 14.5 Å². The third kappa shape index (κ3) is 4.68. The van der Waals surface area contributed by atoms with Crippen molar-refractivity contribution >= 4 is 66.8 Å². The van der Waals surface area contributed by atoms with E-state index in [1.807, 2.05) is 36.4 Å². The third-order valence-electron chi connectivity index (χ3n) is 10.1. The van der Waals surface area contributed by atoms with Crippen LogP contribution in [0.15, 0.2) is 48.5 Å². The van der Waals surface area contributed by atoms with Crippen molar-refractivity contribution in [3.63, 3.8) is 0 Å². The maximum atomic E-state index is 14.3. The summed E-state index contributed by atoms with van der Waals surface area (Å²) >= 11 is 0. The summed E-state index contributed by atoms with van der Waals surface area (Å²) in [4.78, 5) is 55.5. The van der Waals surface area contributed by atoms with Crippen molar-refractivity contribution in [2.75, 3.05) is 0 Å². The van der Waals surface area contributed by atoms with Gasteiger partial charge in [0.1, 0.15) is 0 Å². The first kappa shape index (κ1) is 29.4. The third-order valence-corrected chi connectivity index (χ3v) is 10.1. The summed E-state index contributed by atoms with van der Waals surface area (Å²) in [6, 6.07) is 14.8. The van der Waals surface area contributed by atoms with E-state index in [1.54, 1.807) is 17.0 Å². The Morgan fingerprint density at radius 2 is 0.867 bits per heavy atom. The number of carbonyl (C=O) groups is 4. The fourth-order valence-corrected chi connectivity index (χ4v) is 7.83. The van der Waals surface area contributed by atoms with Crippen molar-refractivity contribution in [3.8, 4) is 0 Å². The number of imide groups is 1. The first-order valence-electron chi connectivity index (χ1n) is 16.8. The minimum Gasteiger partial charge on any atom is -0.386 e. The number of carbonyl (C=O) groups excluding carboxylic acids is 4. The molecular formula is C39H39NO5. The quantitative estimate of drug-likeness (QED) is 0.0335. The van der Waals surface area contributed by atoms with Gasteiger partial charge in [0, 0.05) is 27.9 Å². The van der Waals surface area contributed by atoms with Gasteiger partial charge < -0.3 is 4.74 Å². The summed E-state index contributed by atoms with van der Waals surface area (Å²) < 4.78 is 4.99. The summed E-state index contributed by atoms with van der Waals surface area (Å²) in [5.41, 5.74) is 1.88. The minimum atomic E-state index is -0.645. The van der Waals surface area contributed by atoms with E-state index in [2.05, 4.69) is 13.8 Å². The van der Waals surface area contributed by atoms with Gasteiger partial charge in [-0.1, -0.05) is 102 Å². The van der Waals surface area contributed by atoms with E-state index in [4.69, 9.17) is 4.74 Å². The molecule has 0 bridgehead atoms. The Bertz CT molecular complexity index is 1870. The molecule has 2 heterocycles. The molecule has 5 aromatic rings. The lowest BCUT2D eigenvalue weighted by molar-refractivity contribution is 0.0389. The number of rotatable bonds is 13. The van der Waals surface area contributed by atoms with Crippen LogP contribution in [0.5, 0.6) is 0 Å². The average Bonchev–Trinajstić information content (AvgIpc) is 3.04. The number of unbranched alkanes of at least 4 members (excludes halogenated alkanes) is 8. The Balaban J connectivity index is 1.34. The van der Waals surface area contributed by atoms with Gasteiger partial charge in [0.15, 0.2) is 0 Å². The highest BCUT2D eigenvalue weighted by Gasteiger charge is 2.38. The molecule has 7 rings (SSSR count). The van der Waals surface area contributed by atoms with E-state index < -0.39 is 11.9 Å². The normalized spacial score (nSPS) is 14.7. The first-order chi connectivity index (χ1) is 22.0. The zero-order valence-electron chi connectivity index (χ0n) is 26.2. The summed E-state index contributed by atoms with van der Waals surface area (Å²) in [5, 5.41) is 6.55. The van der Waals surface area contributed by atoms with Crippen molar-refractivity contribution < 1.29 is 23.9 Å². The van der Waals surface area contributed by atoms with E-state index in [0.29, 0.717) is 33.0 Å². The molecule has 0 saturated carbocycles. The largest absolute Gasteiger partial charge is 0.386 e. The van der Waals surface area contributed by atoms with Crippen molar-refractivity contribution in [3.05, 3.63) is 70.8 Å². The van der Waals surface area contributed by atoms with Crippen LogP contribution in [0.25, 0.3) is 43.1 Å². The number of hydrogen-bond donors (Lipinski definition) is 0. The molecule has 0 aromatic heterocycles. The molecule has 6 nitrogen and oxygen atoms in total. The van der Waals surface area contributed by atoms with Crippen LogP contribution >= 0.6 is 0 Å². The molecule has 0 atom stereocenters. The van der Waals surface area contributed by atoms with Crippen molar-refractivity contribution in [1.82, 2.24) is 4.90 Å². The topological polar surface area (TPSA) is 80.8 Å². The zero-order chi connectivity index (χ0) is 31.2. The van der Waals surface area contributed by atoms with E-state index in [1.165, 1.54) is 38.5 Å². The zero-order valence-corrected chi connectivity index (χ0v) is 26.2. The van der Waals surface area contributed by atoms with Gasteiger partial charge in [0.05, 0.1) is 11.1 Å². The van der Waals surface area contributed by atoms with Gasteiger partial charge in [0.25, 0.3) is 11.8 Å². The average molecular weight is 602 g/mol. The second-order valence-electron chi connectivity index (χ2n) is 12.9. The summed E-state index contributed by atoms with van der Waals surface area (Å²) in [6.07, 6.45) is 13.1. The second kappa shape index (κ2) is 11.9. The van der Waals surface area contributed by atoms with Gasteiger partial charge in [0.2, 0.25) is 0 Å². The number of nitrogens with zero attached hydrogens (tertiary/aromatic N) is 1. The lowest BCUT2D eigenvalue weighted by Gasteiger charge is -2.35. The van der Waals surface area contributed by atoms with Gasteiger partial charge in [-0.15, -0.1) is 0 Å². The maximum absolute atomic E-state index is 14.3. The molecule has 2 aliphatic rings. The van der Waals surface area contributed by atoms with Gasteiger partial charge in [-0.2, -0.15) is 0 Å². The smallest absolute Gasteiger partial charge is 0.346 e. The molecule has 45 heavy (non-hydrogen) atoms. The van der Waals surface area contributed by atoms with Gasteiger partial charge in [-0.25, -0.2) is 9.59 Å². The van der Waals surface area contributed by atoms with Crippen LogP contribution in [0.1, 0.15) is 132 Å². The summed E-state index contributed by atoms with van der Waals surface area (Å²) in [6.45, 7) is 4.42. The van der Waals surface area contributed by atoms with E-state index >= 15 is 0 Å². The monoisotopic (exact) mass is 601 g/mol. The Hall–Kier alpha value is -4.32. The van der Waals surface area contributed by atoms with Crippen LogP contribution in [-0.4, -0.2) is 34.7 Å². The Morgan fingerprint density at radius 3 is 1.29 bits per heavy atom. The molecule has 0 spiro atoms. The maximum Gasteiger partial charge on any atom is 0.346 e. The standard InChI is InChI=1S/C39H39NO5/c1-3-5-7-9-11-13-23(14-12-10-8-6-4-2)40-36(41)28-19-15-24-26-17-21-30-35-31(39(44)45-38(30)43)22-18-27(33(26)35)25-16-20-29(37(40)42)34(28)32(24)25/h15-23H,3-14H2,1-2H3. The Morgan fingerprint density at radius 1 is 0.489 bits per heavy atom. The van der Waals surface area contributed by atoms with Gasteiger partial charge in [-0.05, 0) is 69.4 Å². The SMILES string of the molecule is CCCCCCCC(CCCCCCC)N1C(=O)c2ccc3c4ccc5c6c(ccc(c7ccc(c2c37)C1=O)c64)C(=O)OC5=O. The van der Waals surface area contributed by atoms with Crippen LogP contribution in [0.2, 0.25) is 0 Å². The predicted octanol–water partition coefficient (Wildman–Crippen LogP) is 9.73. The number of cyclic esters (lactones) is 2. The molecule has 0 N–H and O–H groups in total. The number of hydrogen-bond acceptors (Lipinski definition) is 5. The van der Waals surface area contributed by atoms with Crippen molar-refractivity contribution in [1.29, 1.82) is 0 Å². The molecule has 5 aromatic carbocycles. The lowest BCUT2D eigenvalue weighted by atomic mass is 9.82. The molecule has 230 valence electrons. The first-order valence-corrected chi connectivity index (χ1v) is 16.8. The highest BCUT2D eigenvalue weighted by atomic mass is 16.6. The fraction of sp³-hybridized carbons (Fsp3) is 0.385.